The van der Waals surface area contributed by atoms with E-state index < -0.39 is 7.60 Å². The third-order valence-corrected chi connectivity index (χ3v) is 6.76. The fourth-order valence-corrected chi connectivity index (χ4v) is 4.53. The van der Waals surface area contributed by atoms with Gasteiger partial charge in [0.15, 0.2) is 0 Å². The van der Waals surface area contributed by atoms with Crippen molar-refractivity contribution in [2.24, 2.45) is 11.8 Å². The van der Waals surface area contributed by atoms with Crippen LogP contribution in [0.3, 0.4) is 0 Å². The van der Waals surface area contributed by atoms with E-state index in [-0.39, 0.29) is 11.8 Å². The Balaban J connectivity index is 1.79. The summed E-state index contributed by atoms with van der Waals surface area (Å²) in [6.07, 6.45) is 12.4. The van der Waals surface area contributed by atoms with Gasteiger partial charge in [-0.3, -0.25) is 4.57 Å². The molecule has 1 heterocycles. The van der Waals surface area contributed by atoms with Gasteiger partial charge in [-0.15, -0.1) is 0 Å². The van der Waals surface area contributed by atoms with Gasteiger partial charge >= 0.3 is 7.60 Å². The molecule has 6 heteroatoms. The molecule has 0 spiro atoms. The van der Waals surface area contributed by atoms with Gasteiger partial charge in [0, 0.05) is 6.16 Å². The van der Waals surface area contributed by atoms with E-state index in [1.54, 1.807) is 0 Å². The molecule has 31 heavy (non-hydrogen) atoms. The maximum atomic E-state index is 10.9. The summed E-state index contributed by atoms with van der Waals surface area (Å²) in [5, 5.41) is 0. The lowest BCUT2D eigenvalue weighted by Crippen LogP contribution is -2.34. The van der Waals surface area contributed by atoms with Crippen molar-refractivity contribution in [3.8, 4) is 11.5 Å². The molecule has 1 aromatic carbocycles. The van der Waals surface area contributed by atoms with Gasteiger partial charge in [-0.05, 0) is 80.7 Å². The summed E-state index contributed by atoms with van der Waals surface area (Å²) in [4.78, 5) is 17.8. The number of allylic oxidation sites excluding steroid dienone is 1. The monoisotopic (exact) mass is 452 g/mol. The maximum Gasteiger partial charge on any atom is 0.325 e. The number of benzene rings is 1. The predicted molar refractivity (Wildman–Crippen MR) is 127 cm³/mol. The molecule has 0 fully saturated rings. The van der Waals surface area contributed by atoms with Crippen molar-refractivity contribution >= 4 is 7.60 Å². The van der Waals surface area contributed by atoms with Gasteiger partial charge in [0.05, 0.1) is 6.61 Å². The SMILES string of the molecule is CC(C)CCCC(C)C/C=C/C1(C)CCc2cc(OCCCCP(=O)(O)O)ccc2O1. The Hall–Kier alpha value is -1.29. The molecule has 0 saturated heterocycles. The Morgan fingerprint density at radius 3 is 2.68 bits per heavy atom. The quantitative estimate of drug-likeness (QED) is 0.203. The van der Waals surface area contributed by atoms with Crippen LogP contribution in [-0.2, 0) is 11.0 Å². The van der Waals surface area contributed by atoms with Crippen molar-refractivity contribution in [1.82, 2.24) is 0 Å². The molecule has 1 aromatic rings. The average Bonchev–Trinajstić information content (AvgIpc) is 2.66. The predicted octanol–water partition coefficient (Wildman–Crippen LogP) is 6.52. The van der Waals surface area contributed by atoms with E-state index in [0.717, 1.165) is 42.2 Å². The van der Waals surface area contributed by atoms with Crippen LogP contribution in [0.25, 0.3) is 0 Å². The molecular weight excluding hydrogens is 411 g/mol. The van der Waals surface area contributed by atoms with Gasteiger partial charge in [0.25, 0.3) is 0 Å². The maximum absolute atomic E-state index is 10.9. The molecule has 1 aliphatic rings. The van der Waals surface area contributed by atoms with Gasteiger partial charge in [-0.2, -0.15) is 0 Å². The zero-order chi connectivity index (χ0) is 22.9. The molecule has 0 aliphatic carbocycles. The summed E-state index contributed by atoms with van der Waals surface area (Å²) >= 11 is 0. The smallest absolute Gasteiger partial charge is 0.325 e. The van der Waals surface area contributed by atoms with Crippen molar-refractivity contribution < 1.29 is 23.8 Å². The van der Waals surface area contributed by atoms with Crippen LogP contribution in [0.1, 0.15) is 78.2 Å². The molecule has 0 radical (unpaired) electrons. The molecule has 0 saturated carbocycles. The van der Waals surface area contributed by atoms with Crippen molar-refractivity contribution in [3.05, 3.63) is 35.9 Å². The van der Waals surface area contributed by atoms with E-state index in [9.17, 15) is 4.57 Å². The first-order valence-electron chi connectivity index (χ1n) is 11.7. The van der Waals surface area contributed by atoms with E-state index in [1.165, 1.54) is 19.3 Å². The summed E-state index contributed by atoms with van der Waals surface area (Å²) in [5.74, 6) is 3.19. The molecule has 2 atom stereocenters. The first kappa shape index (κ1) is 26.0. The zero-order valence-corrected chi connectivity index (χ0v) is 20.6. The highest BCUT2D eigenvalue weighted by Crippen LogP contribution is 2.37. The van der Waals surface area contributed by atoms with E-state index in [0.29, 0.717) is 25.4 Å². The minimum absolute atomic E-state index is 0.0861. The van der Waals surface area contributed by atoms with E-state index in [2.05, 4.69) is 39.8 Å². The Morgan fingerprint density at radius 2 is 1.97 bits per heavy atom. The second-order valence-corrected chi connectivity index (χ2v) is 11.5. The first-order valence-corrected chi connectivity index (χ1v) is 13.5. The highest BCUT2D eigenvalue weighted by molar-refractivity contribution is 7.51. The number of fused-ring (bicyclic) bond motifs is 1. The Bertz CT molecular complexity index is 754. The van der Waals surface area contributed by atoms with Crippen LogP contribution in [0, 0.1) is 11.8 Å². The molecule has 0 aromatic heterocycles. The van der Waals surface area contributed by atoms with E-state index in [1.807, 2.05) is 18.2 Å². The Morgan fingerprint density at radius 1 is 1.19 bits per heavy atom. The molecule has 2 N–H and O–H groups in total. The Labute approximate surface area is 188 Å². The normalized spacial score (nSPS) is 20.0. The second-order valence-electron chi connectivity index (χ2n) is 9.70. The lowest BCUT2D eigenvalue weighted by Gasteiger charge is -2.33. The lowest BCUT2D eigenvalue weighted by atomic mass is 9.91. The molecule has 2 rings (SSSR count). The van der Waals surface area contributed by atoms with Crippen LogP contribution in [0.5, 0.6) is 11.5 Å². The second kappa shape index (κ2) is 12.1. The van der Waals surface area contributed by atoms with Crippen molar-refractivity contribution in [2.75, 3.05) is 12.8 Å². The number of unbranched alkanes of at least 4 members (excludes halogenated alkanes) is 1. The summed E-state index contributed by atoms with van der Waals surface area (Å²) in [5.41, 5.74) is 0.885. The van der Waals surface area contributed by atoms with Gasteiger partial charge in [-0.25, -0.2) is 0 Å². The van der Waals surface area contributed by atoms with Gasteiger partial charge < -0.3 is 19.3 Å². The molecule has 2 unspecified atom stereocenters. The third-order valence-electron chi connectivity index (χ3n) is 5.87. The minimum Gasteiger partial charge on any atom is -0.494 e. The third kappa shape index (κ3) is 10.2. The lowest BCUT2D eigenvalue weighted by molar-refractivity contribution is 0.114. The standard InChI is InChI=1S/C25H41O5P/c1-20(2)9-7-10-21(3)11-8-15-25(4)16-14-22-19-23(12-13-24(22)30-25)29-17-5-6-18-31(26,27)28/h8,12-13,15,19-21H,5-7,9-11,14,16-18H2,1-4H3,(H2,26,27,28)/b15-8+. The van der Waals surface area contributed by atoms with Crippen LogP contribution >= 0.6 is 7.60 Å². The summed E-state index contributed by atoms with van der Waals surface area (Å²) in [6, 6.07) is 5.91. The largest absolute Gasteiger partial charge is 0.494 e. The van der Waals surface area contributed by atoms with Crippen LogP contribution in [0.15, 0.2) is 30.4 Å². The minimum atomic E-state index is -3.91. The summed E-state index contributed by atoms with van der Waals surface area (Å²) < 4.78 is 23.0. The number of rotatable bonds is 13. The highest BCUT2D eigenvalue weighted by atomic mass is 31.2. The van der Waals surface area contributed by atoms with Gasteiger partial charge in [0.1, 0.15) is 17.1 Å². The van der Waals surface area contributed by atoms with Crippen molar-refractivity contribution in [1.29, 1.82) is 0 Å². The van der Waals surface area contributed by atoms with Crippen LogP contribution < -0.4 is 9.47 Å². The molecule has 0 bridgehead atoms. The average molecular weight is 453 g/mol. The van der Waals surface area contributed by atoms with Gasteiger partial charge in [0.2, 0.25) is 0 Å². The van der Waals surface area contributed by atoms with Crippen LogP contribution in [-0.4, -0.2) is 28.2 Å². The fourth-order valence-electron chi connectivity index (χ4n) is 3.89. The number of aryl methyl sites for hydroxylation is 1. The zero-order valence-electron chi connectivity index (χ0n) is 19.7. The van der Waals surface area contributed by atoms with Gasteiger partial charge in [-0.1, -0.05) is 46.1 Å². The fraction of sp³-hybridized carbons (Fsp3) is 0.680. The van der Waals surface area contributed by atoms with Crippen molar-refractivity contribution in [3.63, 3.8) is 0 Å². The van der Waals surface area contributed by atoms with E-state index >= 15 is 0 Å². The number of hydrogen-bond acceptors (Lipinski definition) is 3. The molecular formula is C25H41O5P. The summed E-state index contributed by atoms with van der Waals surface area (Å²) in [7, 11) is -3.91. The topological polar surface area (TPSA) is 76.0 Å². The number of hydrogen-bond donors (Lipinski definition) is 2. The molecule has 176 valence electrons. The van der Waals surface area contributed by atoms with Crippen LogP contribution in [0.2, 0.25) is 0 Å². The first-order chi connectivity index (χ1) is 14.6. The molecule has 1 aliphatic heterocycles. The molecule has 5 nitrogen and oxygen atoms in total. The Kier molecular flexibility index (Phi) is 10.1. The molecule has 0 amide bonds. The van der Waals surface area contributed by atoms with E-state index in [4.69, 9.17) is 19.3 Å². The summed E-state index contributed by atoms with van der Waals surface area (Å²) in [6.45, 7) is 9.51. The number of ether oxygens (including phenoxy) is 2. The van der Waals surface area contributed by atoms with Crippen LogP contribution in [0.4, 0.5) is 0 Å². The van der Waals surface area contributed by atoms with Crippen molar-refractivity contribution in [2.45, 2.75) is 84.7 Å². The highest BCUT2D eigenvalue weighted by Gasteiger charge is 2.29.